The van der Waals surface area contributed by atoms with Crippen LogP contribution in [0.2, 0.25) is 0 Å². The van der Waals surface area contributed by atoms with Gasteiger partial charge in [0.2, 0.25) is 5.91 Å². The van der Waals surface area contributed by atoms with Crippen LogP contribution in [0, 0.1) is 11.7 Å². The van der Waals surface area contributed by atoms with Gasteiger partial charge in [-0.05, 0) is 30.0 Å². The molecule has 1 aromatic carbocycles. The van der Waals surface area contributed by atoms with Gasteiger partial charge in [-0.25, -0.2) is 9.18 Å². The molecule has 6 heteroatoms. The first-order valence-electron chi connectivity index (χ1n) is 7.02. The minimum Gasteiger partial charge on any atom is -0.354 e. The second-order valence-corrected chi connectivity index (χ2v) is 5.04. The molecule has 4 N–H and O–H groups in total. The Morgan fingerprint density at radius 3 is 2.67 bits per heavy atom. The second-order valence-electron chi connectivity index (χ2n) is 5.04. The fourth-order valence-corrected chi connectivity index (χ4v) is 1.99. The number of hydrogen-bond donors (Lipinski definition) is 3. The highest BCUT2D eigenvalue weighted by atomic mass is 19.1. The van der Waals surface area contributed by atoms with Crippen LogP contribution in [0.5, 0.6) is 0 Å². The number of nitrogens with two attached hydrogens (primary N) is 1. The molecule has 0 saturated heterocycles. The minimum absolute atomic E-state index is 0.0216. The molecule has 0 bridgehead atoms. The van der Waals surface area contributed by atoms with E-state index in [1.807, 2.05) is 13.8 Å². The van der Waals surface area contributed by atoms with Crippen molar-refractivity contribution in [2.75, 3.05) is 6.54 Å². The molecule has 0 saturated carbocycles. The molecule has 0 spiro atoms. The molecule has 0 aliphatic carbocycles. The Balaban J connectivity index is 2.51. The molecule has 5 nitrogen and oxygen atoms in total. The molecule has 116 valence electrons. The third-order valence-electron chi connectivity index (χ3n) is 3.40. The summed E-state index contributed by atoms with van der Waals surface area (Å²) in [4.78, 5) is 23.0. The number of primary amides is 1. The normalized spacial score (nSPS) is 13.3. The van der Waals surface area contributed by atoms with Crippen molar-refractivity contribution in [3.63, 3.8) is 0 Å². The summed E-state index contributed by atoms with van der Waals surface area (Å²) in [5.41, 5.74) is 5.89. The first kappa shape index (κ1) is 16.9. The van der Waals surface area contributed by atoms with Crippen molar-refractivity contribution < 1.29 is 14.0 Å². The van der Waals surface area contributed by atoms with Gasteiger partial charge in [-0.1, -0.05) is 32.4 Å². The fraction of sp³-hybridized carbons (Fsp3) is 0.467. The predicted octanol–water partition coefficient (Wildman–Crippen LogP) is 1.57. The molecular weight excluding hydrogens is 273 g/mol. The van der Waals surface area contributed by atoms with Crippen molar-refractivity contribution in [1.29, 1.82) is 0 Å². The lowest BCUT2D eigenvalue weighted by molar-refractivity contribution is -0.124. The van der Waals surface area contributed by atoms with Crippen LogP contribution in [0.1, 0.15) is 25.8 Å². The molecule has 3 amide bonds. The van der Waals surface area contributed by atoms with Gasteiger partial charge < -0.3 is 16.4 Å². The van der Waals surface area contributed by atoms with E-state index in [9.17, 15) is 14.0 Å². The van der Waals surface area contributed by atoms with E-state index in [2.05, 4.69) is 10.6 Å². The summed E-state index contributed by atoms with van der Waals surface area (Å²) in [6, 6.07) is 4.85. The topological polar surface area (TPSA) is 84.2 Å². The zero-order valence-electron chi connectivity index (χ0n) is 12.4. The predicted molar refractivity (Wildman–Crippen MR) is 79.1 cm³/mol. The van der Waals surface area contributed by atoms with Crippen LogP contribution in [0.4, 0.5) is 9.18 Å². The number of rotatable bonds is 7. The number of benzene rings is 1. The smallest absolute Gasteiger partial charge is 0.312 e. The highest BCUT2D eigenvalue weighted by molar-refractivity contribution is 5.86. The van der Waals surface area contributed by atoms with Crippen LogP contribution in [0.25, 0.3) is 0 Å². The Morgan fingerprint density at radius 1 is 1.38 bits per heavy atom. The maximum Gasteiger partial charge on any atom is 0.312 e. The van der Waals surface area contributed by atoms with Gasteiger partial charge in [-0.3, -0.25) is 4.79 Å². The van der Waals surface area contributed by atoms with Gasteiger partial charge in [0, 0.05) is 6.54 Å². The lowest BCUT2D eigenvalue weighted by Gasteiger charge is -2.22. The van der Waals surface area contributed by atoms with Crippen LogP contribution < -0.4 is 16.4 Å². The van der Waals surface area contributed by atoms with E-state index >= 15 is 0 Å². The summed E-state index contributed by atoms with van der Waals surface area (Å²) in [6.07, 6.45) is 1.26. The molecule has 0 heterocycles. The van der Waals surface area contributed by atoms with Crippen molar-refractivity contribution in [2.45, 2.75) is 32.7 Å². The Hall–Kier alpha value is -2.11. The summed E-state index contributed by atoms with van der Waals surface area (Å²) < 4.78 is 13.0. The fourth-order valence-electron chi connectivity index (χ4n) is 1.99. The van der Waals surface area contributed by atoms with Gasteiger partial charge >= 0.3 is 6.03 Å². The van der Waals surface area contributed by atoms with E-state index in [0.717, 1.165) is 12.0 Å². The number of carbonyl (C=O) groups excluding carboxylic acids is 2. The second kappa shape index (κ2) is 8.24. The average molecular weight is 295 g/mol. The Labute approximate surface area is 124 Å². The molecule has 1 rings (SSSR count). The van der Waals surface area contributed by atoms with Gasteiger partial charge in [0.15, 0.2) is 0 Å². The summed E-state index contributed by atoms with van der Waals surface area (Å²) in [7, 11) is 0. The number of hydrogen-bond acceptors (Lipinski definition) is 2. The van der Waals surface area contributed by atoms with Crippen molar-refractivity contribution in [1.82, 2.24) is 10.6 Å². The number of carbonyl (C=O) groups is 2. The number of urea groups is 1. The molecular formula is C15H22FN3O2. The zero-order valence-corrected chi connectivity index (χ0v) is 12.4. The highest BCUT2D eigenvalue weighted by Gasteiger charge is 2.24. The maximum absolute atomic E-state index is 13.0. The van der Waals surface area contributed by atoms with Crippen LogP contribution in [-0.4, -0.2) is 24.5 Å². The molecule has 0 unspecified atom stereocenters. The van der Waals surface area contributed by atoms with E-state index in [1.165, 1.54) is 12.1 Å². The SMILES string of the molecule is CC[C@H](C)[C@H](NC(N)=O)C(=O)NCCc1cccc(F)c1. The van der Waals surface area contributed by atoms with Gasteiger partial charge in [-0.15, -0.1) is 0 Å². The Kier molecular flexibility index (Phi) is 6.65. The number of halogens is 1. The van der Waals surface area contributed by atoms with Gasteiger partial charge in [0.25, 0.3) is 0 Å². The minimum atomic E-state index is -0.722. The maximum atomic E-state index is 13.0. The average Bonchev–Trinajstić information content (AvgIpc) is 2.43. The van der Waals surface area contributed by atoms with Crippen molar-refractivity contribution in [3.05, 3.63) is 35.6 Å². The molecule has 0 aliphatic rings. The number of nitrogens with one attached hydrogen (secondary N) is 2. The molecule has 2 atom stereocenters. The molecule has 0 fully saturated rings. The van der Waals surface area contributed by atoms with Crippen molar-refractivity contribution in [3.8, 4) is 0 Å². The lowest BCUT2D eigenvalue weighted by atomic mass is 9.98. The summed E-state index contributed by atoms with van der Waals surface area (Å²) >= 11 is 0. The highest BCUT2D eigenvalue weighted by Crippen LogP contribution is 2.08. The molecule has 1 aromatic rings. The quantitative estimate of drug-likeness (QED) is 0.713. The Morgan fingerprint density at radius 2 is 2.10 bits per heavy atom. The Bertz CT molecular complexity index is 494. The van der Waals surface area contributed by atoms with Crippen LogP contribution in [0.3, 0.4) is 0 Å². The largest absolute Gasteiger partial charge is 0.354 e. The summed E-state index contributed by atoms with van der Waals surface area (Å²) in [6.45, 7) is 4.17. The third-order valence-corrected chi connectivity index (χ3v) is 3.40. The zero-order chi connectivity index (χ0) is 15.8. The summed E-state index contributed by atoms with van der Waals surface area (Å²) in [5.74, 6) is -0.599. The van der Waals surface area contributed by atoms with E-state index in [0.29, 0.717) is 13.0 Å². The summed E-state index contributed by atoms with van der Waals surface area (Å²) in [5, 5.41) is 5.19. The molecule has 0 aliphatic heterocycles. The molecule has 0 aromatic heterocycles. The van der Waals surface area contributed by atoms with Gasteiger partial charge in [-0.2, -0.15) is 0 Å². The van der Waals surface area contributed by atoms with Crippen molar-refractivity contribution in [2.24, 2.45) is 11.7 Å². The van der Waals surface area contributed by atoms with Gasteiger partial charge in [0.1, 0.15) is 11.9 Å². The third kappa shape index (κ3) is 5.81. The van der Waals surface area contributed by atoms with E-state index in [4.69, 9.17) is 5.73 Å². The van der Waals surface area contributed by atoms with Crippen LogP contribution >= 0.6 is 0 Å². The molecule has 21 heavy (non-hydrogen) atoms. The van der Waals surface area contributed by atoms with E-state index < -0.39 is 12.1 Å². The monoisotopic (exact) mass is 295 g/mol. The first-order chi connectivity index (χ1) is 9.93. The molecule has 0 radical (unpaired) electrons. The van der Waals surface area contributed by atoms with Gasteiger partial charge in [0.05, 0.1) is 0 Å². The standard InChI is InChI=1S/C15H22FN3O2/c1-3-10(2)13(19-15(17)21)14(20)18-8-7-11-5-4-6-12(16)9-11/h4-6,9-10,13H,3,7-8H2,1-2H3,(H,18,20)(H3,17,19,21)/t10-,13-/m0/s1. The number of amides is 3. The van der Waals surface area contributed by atoms with Crippen molar-refractivity contribution >= 4 is 11.9 Å². The lowest BCUT2D eigenvalue weighted by Crippen LogP contribution is -2.52. The first-order valence-corrected chi connectivity index (χ1v) is 7.02. The van der Waals surface area contributed by atoms with Crippen LogP contribution in [0.15, 0.2) is 24.3 Å². The van der Waals surface area contributed by atoms with Crippen LogP contribution in [-0.2, 0) is 11.2 Å². The van der Waals surface area contributed by atoms with E-state index in [1.54, 1.807) is 12.1 Å². The van der Waals surface area contributed by atoms with E-state index in [-0.39, 0.29) is 17.6 Å².